The molecule has 0 aliphatic heterocycles. The molecule has 0 aromatic rings. The first-order chi connectivity index (χ1) is 4.27. The van der Waals surface area contributed by atoms with E-state index >= 15 is 0 Å². The van der Waals surface area contributed by atoms with Gasteiger partial charge in [-0.2, -0.15) is 0 Å². The van der Waals surface area contributed by atoms with Crippen molar-refractivity contribution in [3.8, 4) is 0 Å². The minimum Gasteiger partial charge on any atom is -0.550 e. The van der Waals surface area contributed by atoms with Crippen LogP contribution < -0.4 is 63.3 Å². The summed E-state index contributed by atoms with van der Waals surface area (Å²) in [5.74, 6) is -0.925. The van der Waals surface area contributed by atoms with Crippen LogP contribution in [0.25, 0.3) is 0 Å². The molecule has 2 nitrogen and oxygen atoms in total. The summed E-state index contributed by atoms with van der Waals surface area (Å²) < 4.78 is 0. The normalized spacial score (nSPS) is 8.50. The van der Waals surface area contributed by atoms with E-state index in [4.69, 9.17) is 0 Å². The molecule has 0 aromatic carbocycles. The van der Waals surface area contributed by atoms with Gasteiger partial charge in [0.15, 0.2) is 0 Å². The predicted octanol–water partition coefficient (Wildman–Crippen LogP) is -2.29. The number of carbonyl (C=O) groups excluding carboxylic acids is 1. The van der Waals surface area contributed by atoms with Crippen LogP contribution in [-0.2, 0) is 4.79 Å². The van der Waals surface area contributed by atoms with Gasteiger partial charge in [-0.3, -0.25) is 0 Å². The number of hydrogen-bond acceptors (Lipinski definition) is 2. The molecule has 0 N–H and O–H groups in total. The quantitative estimate of drug-likeness (QED) is 0.484. The molecular weight excluding hydrogens is 202 g/mol. The summed E-state index contributed by atoms with van der Waals surface area (Å²) in [6, 6.07) is 0. The zero-order chi connectivity index (χ0) is 7.11. The summed E-state index contributed by atoms with van der Waals surface area (Å²) in [6.45, 7) is 2.10. The first-order valence-electron chi connectivity index (χ1n) is 3.47. The van der Waals surface area contributed by atoms with Crippen LogP contribution in [0.1, 0.15) is 39.0 Å². The van der Waals surface area contributed by atoms with Crippen molar-refractivity contribution in [2.75, 3.05) is 0 Å². The summed E-state index contributed by atoms with van der Waals surface area (Å²) >= 11 is 0. The first-order valence-corrected chi connectivity index (χ1v) is 3.47. The molecule has 0 atom stereocenters. The van der Waals surface area contributed by atoms with Gasteiger partial charge in [0.2, 0.25) is 0 Å². The molecule has 0 radical (unpaired) electrons. The Morgan fingerprint density at radius 2 is 1.90 bits per heavy atom. The molecule has 0 unspecified atom stereocenters. The number of carbonyl (C=O) groups is 1. The molecule has 10 heavy (non-hydrogen) atoms. The average molecular weight is 215 g/mol. The number of aliphatic carboxylic acids is 1. The fraction of sp³-hybridized carbons (Fsp3) is 0.857. The second-order valence-corrected chi connectivity index (χ2v) is 2.18. The van der Waals surface area contributed by atoms with Gasteiger partial charge in [-0.25, -0.2) is 0 Å². The van der Waals surface area contributed by atoms with Crippen LogP contribution >= 0.6 is 0 Å². The van der Waals surface area contributed by atoms with Crippen LogP contribution in [0.3, 0.4) is 0 Å². The molecular formula is C7H13O2Rb. The Morgan fingerprint density at radius 1 is 1.30 bits per heavy atom. The average Bonchev–Trinajstić information content (AvgIpc) is 1.80. The molecule has 0 aromatic heterocycles. The SMILES string of the molecule is CCCCCCC(=O)[O-].[Rb+]. The smallest absolute Gasteiger partial charge is 0.550 e. The maximum absolute atomic E-state index is 9.85. The van der Waals surface area contributed by atoms with E-state index in [1.54, 1.807) is 0 Å². The van der Waals surface area contributed by atoms with Gasteiger partial charge in [0.1, 0.15) is 0 Å². The molecule has 54 valence electrons. The van der Waals surface area contributed by atoms with Gasteiger partial charge in [0, 0.05) is 5.97 Å². The van der Waals surface area contributed by atoms with Crippen LogP contribution in [0.2, 0.25) is 0 Å². The number of unbranched alkanes of at least 4 members (excludes halogenated alkanes) is 3. The van der Waals surface area contributed by atoms with Gasteiger partial charge in [-0.1, -0.05) is 26.2 Å². The molecule has 0 heterocycles. The largest absolute Gasteiger partial charge is 1.00 e. The summed E-state index contributed by atoms with van der Waals surface area (Å²) in [7, 11) is 0. The third-order valence-electron chi connectivity index (χ3n) is 1.23. The fourth-order valence-corrected chi connectivity index (χ4v) is 0.696. The van der Waals surface area contributed by atoms with E-state index in [-0.39, 0.29) is 64.6 Å². The van der Waals surface area contributed by atoms with Gasteiger partial charge in [0.05, 0.1) is 0 Å². The maximum Gasteiger partial charge on any atom is 1.00 e. The van der Waals surface area contributed by atoms with Crippen molar-refractivity contribution < 1.29 is 68.1 Å². The van der Waals surface area contributed by atoms with Crippen LogP contribution in [-0.4, -0.2) is 5.97 Å². The monoisotopic (exact) mass is 214 g/mol. The number of rotatable bonds is 5. The van der Waals surface area contributed by atoms with E-state index in [0.29, 0.717) is 0 Å². The molecule has 0 aliphatic carbocycles. The van der Waals surface area contributed by atoms with Crippen molar-refractivity contribution in [1.29, 1.82) is 0 Å². The number of hydrogen-bond donors (Lipinski definition) is 0. The van der Waals surface area contributed by atoms with E-state index < -0.39 is 5.97 Å². The van der Waals surface area contributed by atoms with Gasteiger partial charge < -0.3 is 9.90 Å². The third-order valence-corrected chi connectivity index (χ3v) is 1.23. The number of carboxylic acid groups (broad SMARTS) is 1. The molecule has 0 aliphatic rings. The van der Waals surface area contributed by atoms with Gasteiger partial charge >= 0.3 is 58.2 Å². The Kier molecular flexibility index (Phi) is 14.2. The Hall–Kier alpha value is 1.28. The molecule has 0 spiro atoms. The van der Waals surface area contributed by atoms with E-state index in [9.17, 15) is 9.90 Å². The van der Waals surface area contributed by atoms with Crippen LogP contribution in [0, 0.1) is 0 Å². The molecule has 3 heteroatoms. The standard InChI is InChI=1S/C7H14O2.Rb/c1-2-3-4-5-6-7(8)9;/h2-6H2,1H3,(H,8,9);/q;+1/p-1. The van der Waals surface area contributed by atoms with E-state index in [1.807, 2.05) is 0 Å². The molecule has 0 saturated carbocycles. The minimum atomic E-state index is -0.925. The van der Waals surface area contributed by atoms with Gasteiger partial charge in [-0.05, 0) is 12.8 Å². The molecule has 0 fully saturated rings. The van der Waals surface area contributed by atoms with Crippen LogP contribution in [0.5, 0.6) is 0 Å². The van der Waals surface area contributed by atoms with Crippen molar-refractivity contribution in [2.45, 2.75) is 39.0 Å². The fourth-order valence-electron chi connectivity index (χ4n) is 0.696. The first kappa shape index (κ1) is 13.8. The van der Waals surface area contributed by atoms with Gasteiger partial charge in [-0.15, -0.1) is 0 Å². The van der Waals surface area contributed by atoms with Gasteiger partial charge in [0.25, 0.3) is 0 Å². The summed E-state index contributed by atoms with van der Waals surface area (Å²) in [5, 5.41) is 9.85. The van der Waals surface area contributed by atoms with E-state index in [1.165, 1.54) is 0 Å². The van der Waals surface area contributed by atoms with Crippen molar-refractivity contribution in [2.24, 2.45) is 0 Å². The van der Waals surface area contributed by atoms with E-state index in [0.717, 1.165) is 25.7 Å². The van der Waals surface area contributed by atoms with Crippen molar-refractivity contribution in [3.05, 3.63) is 0 Å². The summed E-state index contributed by atoms with van der Waals surface area (Å²) in [4.78, 5) is 9.85. The predicted molar refractivity (Wildman–Crippen MR) is 33.8 cm³/mol. The van der Waals surface area contributed by atoms with Crippen LogP contribution in [0.4, 0.5) is 0 Å². The third kappa shape index (κ3) is 12.0. The Balaban J connectivity index is 0. The molecule has 0 amide bonds. The van der Waals surface area contributed by atoms with Crippen LogP contribution in [0.15, 0.2) is 0 Å². The topological polar surface area (TPSA) is 40.1 Å². The number of carboxylic acids is 1. The Bertz CT molecular complexity index is 83.7. The zero-order valence-corrected chi connectivity index (χ0v) is 11.8. The Morgan fingerprint density at radius 3 is 2.30 bits per heavy atom. The van der Waals surface area contributed by atoms with Crippen molar-refractivity contribution in [1.82, 2.24) is 0 Å². The molecule has 0 rings (SSSR count). The summed E-state index contributed by atoms with van der Waals surface area (Å²) in [6.07, 6.45) is 4.29. The van der Waals surface area contributed by atoms with Crippen molar-refractivity contribution >= 4 is 5.97 Å². The van der Waals surface area contributed by atoms with Crippen molar-refractivity contribution in [3.63, 3.8) is 0 Å². The summed E-state index contributed by atoms with van der Waals surface area (Å²) in [5.41, 5.74) is 0. The molecule has 0 bridgehead atoms. The second kappa shape index (κ2) is 10.3. The molecule has 0 saturated heterocycles. The Labute approximate surface area is 111 Å². The maximum atomic E-state index is 9.85. The zero-order valence-electron chi connectivity index (χ0n) is 6.85. The second-order valence-electron chi connectivity index (χ2n) is 2.18. The van der Waals surface area contributed by atoms with E-state index in [2.05, 4.69) is 6.92 Å². The minimum absolute atomic E-state index is 0.